The number of hydrogen-bond acceptors (Lipinski definition) is 5. The predicted octanol–water partition coefficient (Wildman–Crippen LogP) is 12.7. The molecule has 5 heteroatoms. The van der Waals surface area contributed by atoms with Crippen molar-refractivity contribution in [1.82, 2.24) is 0 Å². The zero-order chi connectivity index (χ0) is 33.6. The molecule has 0 saturated carbocycles. The summed E-state index contributed by atoms with van der Waals surface area (Å²) in [5.41, 5.74) is 0. The zero-order valence-electron chi connectivity index (χ0n) is 31.1. The number of unbranched alkanes of at least 4 members (excludes halogenated alkanes) is 30. The topological polar surface area (TPSA) is 72.8 Å². The maximum atomic E-state index is 12.2. The second kappa shape index (κ2) is 38.3. The normalized spacial score (nSPS) is 12.0. The Morgan fingerprint density at radius 3 is 0.957 bits per heavy atom. The monoisotopic (exact) mass is 653 g/mol. The lowest BCUT2D eigenvalue weighted by Gasteiger charge is -2.15. The number of ether oxygens (including phenoxy) is 2. The number of carbonyl (C=O) groups is 2. The second-order valence-corrected chi connectivity index (χ2v) is 14.1. The van der Waals surface area contributed by atoms with Crippen LogP contribution in [0.3, 0.4) is 0 Å². The fourth-order valence-corrected chi connectivity index (χ4v) is 6.26. The van der Waals surface area contributed by atoms with Crippen molar-refractivity contribution in [2.45, 2.75) is 238 Å². The van der Waals surface area contributed by atoms with E-state index in [0.717, 1.165) is 32.1 Å². The Balaban J connectivity index is 3.48. The van der Waals surface area contributed by atoms with Gasteiger partial charge in [0.05, 0.1) is 6.61 Å². The molecule has 0 aromatic rings. The van der Waals surface area contributed by atoms with Crippen LogP contribution in [0.2, 0.25) is 0 Å². The van der Waals surface area contributed by atoms with Crippen LogP contribution in [-0.2, 0) is 19.1 Å². The first kappa shape index (κ1) is 44.9. The van der Waals surface area contributed by atoms with Crippen LogP contribution in [0, 0.1) is 0 Å². The van der Waals surface area contributed by atoms with Gasteiger partial charge in [0.1, 0.15) is 6.61 Å². The van der Waals surface area contributed by atoms with E-state index >= 15 is 0 Å². The Hall–Kier alpha value is -1.10. The van der Waals surface area contributed by atoms with Gasteiger partial charge in [-0.3, -0.25) is 9.59 Å². The molecular formula is C41H80O5. The number of aliphatic hydroxyl groups excluding tert-OH is 1. The highest BCUT2D eigenvalue weighted by Gasteiger charge is 2.16. The lowest BCUT2D eigenvalue weighted by atomic mass is 10.0. The van der Waals surface area contributed by atoms with E-state index < -0.39 is 6.10 Å². The molecule has 0 rings (SSSR count). The van der Waals surface area contributed by atoms with E-state index in [-0.39, 0.29) is 25.2 Å². The number of rotatable bonds is 38. The average molecular weight is 653 g/mol. The SMILES string of the molecule is CCCCCCCCCCCCCCCCCCCC(=O)O[C@@H](CO)COC(=O)CCCCCCCCCCCCCCCCC. The predicted molar refractivity (Wildman–Crippen MR) is 196 cm³/mol. The minimum atomic E-state index is -0.761. The Morgan fingerprint density at radius 1 is 0.413 bits per heavy atom. The van der Waals surface area contributed by atoms with Crippen molar-refractivity contribution >= 4 is 11.9 Å². The summed E-state index contributed by atoms with van der Waals surface area (Å²) in [6, 6.07) is 0. The van der Waals surface area contributed by atoms with Crippen LogP contribution in [0.4, 0.5) is 0 Å². The first-order valence-corrected chi connectivity index (χ1v) is 20.6. The molecule has 5 nitrogen and oxygen atoms in total. The van der Waals surface area contributed by atoms with Gasteiger partial charge in [0.25, 0.3) is 0 Å². The minimum absolute atomic E-state index is 0.0567. The molecule has 1 atom stereocenters. The van der Waals surface area contributed by atoms with Crippen molar-refractivity contribution in [2.75, 3.05) is 13.2 Å². The van der Waals surface area contributed by atoms with Crippen LogP contribution in [0.25, 0.3) is 0 Å². The van der Waals surface area contributed by atoms with Crippen molar-refractivity contribution < 1.29 is 24.2 Å². The maximum Gasteiger partial charge on any atom is 0.306 e. The average Bonchev–Trinajstić information content (AvgIpc) is 3.06. The Labute approximate surface area is 287 Å². The summed E-state index contributed by atoms with van der Waals surface area (Å²) in [6.07, 6.45) is 41.6. The third kappa shape index (κ3) is 35.7. The van der Waals surface area contributed by atoms with E-state index in [0.29, 0.717) is 12.8 Å². The molecule has 0 heterocycles. The van der Waals surface area contributed by atoms with Crippen LogP contribution < -0.4 is 0 Å². The van der Waals surface area contributed by atoms with Crippen LogP contribution in [-0.4, -0.2) is 36.4 Å². The maximum absolute atomic E-state index is 12.2. The Bertz CT molecular complexity index is 622. The minimum Gasteiger partial charge on any atom is -0.462 e. The summed E-state index contributed by atoms with van der Waals surface area (Å²) in [4.78, 5) is 24.3. The summed E-state index contributed by atoms with van der Waals surface area (Å²) in [5, 5.41) is 9.56. The van der Waals surface area contributed by atoms with E-state index in [4.69, 9.17) is 9.47 Å². The van der Waals surface area contributed by atoms with Crippen LogP contribution in [0.5, 0.6) is 0 Å². The molecule has 0 aliphatic carbocycles. The molecule has 0 aliphatic rings. The molecule has 46 heavy (non-hydrogen) atoms. The number of esters is 2. The molecule has 0 aromatic heterocycles. The molecule has 0 amide bonds. The molecule has 0 aliphatic heterocycles. The van der Waals surface area contributed by atoms with Crippen molar-refractivity contribution in [3.63, 3.8) is 0 Å². The van der Waals surface area contributed by atoms with E-state index in [1.807, 2.05) is 0 Å². The highest BCUT2D eigenvalue weighted by Crippen LogP contribution is 2.16. The van der Waals surface area contributed by atoms with Crippen molar-refractivity contribution in [2.24, 2.45) is 0 Å². The Morgan fingerprint density at radius 2 is 0.674 bits per heavy atom. The van der Waals surface area contributed by atoms with Gasteiger partial charge in [-0.05, 0) is 12.8 Å². The van der Waals surface area contributed by atoms with Crippen molar-refractivity contribution in [1.29, 1.82) is 0 Å². The summed E-state index contributed by atoms with van der Waals surface area (Å²) < 4.78 is 10.6. The quantitative estimate of drug-likeness (QED) is 0.0531. The summed E-state index contributed by atoms with van der Waals surface area (Å²) >= 11 is 0. The molecule has 0 radical (unpaired) electrons. The van der Waals surface area contributed by atoms with Crippen LogP contribution >= 0.6 is 0 Å². The van der Waals surface area contributed by atoms with Gasteiger partial charge in [-0.15, -0.1) is 0 Å². The van der Waals surface area contributed by atoms with Gasteiger partial charge >= 0.3 is 11.9 Å². The highest BCUT2D eigenvalue weighted by atomic mass is 16.6. The lowest BCUT2D eigenvalue weighted by Crippen LogP contribution is -2.28. The largest absolute Gasteiger partial charge is 0.462 e. The fourth-order valence-electron chi connectivity index (χ4n) is 6.26. The van der Waals surface area contributed by atoms with Gasteiger partial charge in [0.15, 0.2) is 6.10 Å². The number of aliphatic hydroxyl groups is 1. The molecular weight excluding hydrogens is 572 g/mol. The highest BCUT2D eigenvalue weighted by molar-refractivity contribution is 5.70. The van der Waals surface area contributed by atoms with Gasteiger partial charge in [0.2, 0.25) is 0 Å². The molecule has 274 valence electrons. The summed E-state index contributed by atoms with van der Waals surface area (Å²) in [7, 11) is 0. The van der Waals surface area contributed by atoms with E-state index in [1.54, 1.807) is 0 Å². The Kier molecular flexibility index (Phi) is 37.4. The van der Waals surface area contributed by atoms with Gasteiger partial charge in [-0.2, -0.15) is 0 Å². The fraction of sp³-hybridized carbons (Fsp3) is 0.951. The molecule has 0 bridgehead atoms. The van der Waals surface area contributed by atoms with Crippen LogP contribution in [0.15, 0.2) is 0 Å². The molecule has 1 N–H and O–H groups in total. The molecule has 0 fully saturated rings. The smallest absolute Gasteiger partial charge is 0.306 e. The van der Waals surface area contributed by atoms with Gasteiger partial charge in [-0.25, -0.2) is 0 Å². The molecule has 0 unspecified atom stereocenters. The van der Waals surface area contributed by atoms with Crippen molar-refractivity contribution in [3.8, 4) is 0 Å². The standard InChI is InChI=1S/C41H80O5/c1-3-5-7-9-11-13-15-17-19-20-22-24-26-28-30-32-34-36-41(44)46-39(37-42)38-45-40(43)35-33-31-29-27-25-23-21-18-16-14-12-10-8-6-4-2/h39,42H,3-38H2,1-2H3/t39-/m0/s1. The van der Waals surface area contributed by atoms with E-state index in [1.165, 1.54) is 173 Å². The molecule has 0 spiro atoms. The first-order valence-electron chi connectivity index (χ1n) is 20.6. The zero-order valence-corrected chi connectivity index (χ0v) is 31.1. The number of hydrogen-bond donors (Lipinski definition) is 1. The van der Waals surface area contributed by atoms with Crippen LogP contribution in [0.1, 0.15) is 232 Å². The molecule has 0 aromatic carbocycles. The van der Waals surface area contributed by atoms with E-state index in [9.17, 15) is 14.7 Å². The molecule has 0 saturated heterocycles. The summed E-state index contributed by atoms with van der Waals surface area (Å²) in [5.74, 6) is -0.573. The summed E-state index contributed by atoms with van der Waals surface area (Å²) in [6.45, 7) is 4.17. The number of carbonyl (C=O) groups excluding carboxylic acids is 2. The van der Waals surface area contributed by atoms with Gasteiger partial charge < -0.3 is 14.6 Å². The first-order chi connectivity index (χ1) is 22.6. The van der Waals surface area contributed by atoms with Gasteiger partial charge in [0, 0.05) is 12.8 Å². The van der Waals surface area contributed by atoms with Crippen molar-refractivity contribution in [3.05, 3.63) is 0 Å². The lowest BCUT2D eigenvalue weighted by molar-refractivity contribution is -0.161. The third-order valence-corrected chi connectivity index (χ3v) is 9.40. The third-order valence-electron chi connectivity index (χ3n) is 9.40. The second-order valence-electron chi connectivity index (χ2n) is 14.1. The van der Waals surface area contributed by atoms with Gasteiger partial charge in [-0.1, -0.05) is 206 Å². The van der Waals surface area contributed by atoms with E-state index in [2.05, 4.69) is 13.8 Å².